The lowest BCUT2D eigenvalue weighted by Gasteiger charge is -2.05. The monoisotopic (exact) mass is 175 g/mol. The maximum atomic E-state index is 10.6. The molecular formula is C9H10BNO2. The number of nitro groups is 1. The number of benzene rings is 1. The first kappa shape index (κ1) is 9.77. The van der Waals surface area contributed by atoms with Gasteiger partial charge in [-0.3, -0.25) is 10.1 Å². The molecule has 0 N–H and O–H groups in total. The van der Waals surface area contributed by atoms with Gasteiger partial charge < -0.3 is 0 Å². The fraction of sp³-hybridized carbons (Fsp3) is 0.333. The minimum Gasteiger partial charge on any atom is -0.258 e. The van der Waals surface area contributed by atoms with Crippen LogP contribution in [0.1, 0.15) is 18.1 Å². The number of hydrogen-bond acceptors (Lipinski definition) is 2. The first-order chi connectivity index (χ1) is 6.06. The zero-order chi connectivity index (χ0) is 10.0. The van der Waals surface area contributed by atoms with Gasteiger partial charge in [0.2, 0.25) is 0 Å². The highest BCUT2D eigenvalue weighted by atomic mass is 16.6. The average Bonchev–Trinajstić information content (AvgIpc) is 2.02. The van der Waals surface area contributed by atoms with E-state index in [1.54, 1.807) is 6.07 Å². The third kappa shape index (κ3) is 1.88. The molecule has 1 rings (SSSR count). The van der Waals surface area contributed by atoms with Gasteiger partial charge in [-0.15, -0.1) is 0 Å². The molecule has 0 aliphatic rings. The van der Waals surface area contributed by atoms with Crippen LogP contribution in [0.15, 0.2) is 12.1 Å². The van der Waals surface area contributed by atoms with Crippen LogP contribution in [0.25, 0.3) is 0 Å². The summed E-state index contributed by atoms with van der Waals surface area (Å²) in [5.41, 5.74) is 2.22. The summed E-state index contributed by atoms with van der Waals surface area (Å²) in [4.78, 5) is 10.2. The van der Waals surface area contributed by atoms with Crippen molar-refractivity contribution in [3.8, 4) is 0 Å². The predicted octanol–water partition coefficient (Wildman–Crippen LogP) is 1.26. The van der Waals surface area contributed by atoms with E-state index in [1.165, 1.54) is 6.07 Å². The molecule has 0 heterocycles. The Bertz CT molecular complexity index is 350. The Labute approximate surface area is 78.3 Å². The van der Waals surface area contributed by atoms with Gasteiger partial charge in [0.05, 0.1) is 4.92 Å². The lowest BCUT2D eigenvalue weighted by molar-refractivity contribution is -0.385. The van der Waals surface area contributed by atoms with E-state index >= 15 is 0 Å². The maximum absolute atomic E-state index is 10.6. The van der Waals surface area contributed by atoms with E-state index in [9.17, 15) is 10.1 Å². The first-order valence-electron chi connectivity index (χ1n) is 4.09. The molecule has 0 saturated carbocycles. The molecule has 0 aromatic heterocycles. The van der Waals surface area contributed by atoms with Crippen LogP contribution in [0.2, 0.25) is 0 Å². The molecule has 2 radical (unpaired) electrons. The second-order valence-corrected chi connectivity index (χ2v) is 2.95. The average molecular weight is 175 g/mol. The van der Waals surface area contributed by atoms with Crippen LogP contribution in [0.3, 0.4) is 0 Å². The largest absolute Gasteiger partial charge is 0.272 e. The van der Waals surface area contributed by atoms with Crippen LogP contribution < -0.4 is 5.46 Å². The van der Waals surface area contributed by atoms with Crippen LogP contribution in [0, 0.1) is 17.0 Å². The van der Waals surface area contributed by atoms with Gasteiger partial charge in [-0.1, -0.05) is 18.5 Å². The smallest absolute Gasteiger partial charge is 0.258 e. The fourth-order valence-electron chi connectivity index (χ4n) is 1.45. The third-order valence-electron chi connectivity index (χ3n) is 2.02. The molecule has 1 aromatic carbocycles. The summed E-state index contributed by atoms with van der Waals surface area (Å²) < 4.78 is 0. The Morgan fingerprint density at radius 2 is 2.15 bits per heavy atom. The van der Waals surface area contributed by atoms with Gasteiger partial charge in [0.1, 0.15) is 7.85 Å². The molecule has 0 spiro atoms. The zero-order valence-electron chi connectivity index (χ0n) is 7.70. The van der Waals surface area contributed by atoms with Crippen LogP contribution >= 0.6 is 0 Å². The highest BCUT2D eigenvalue weighted by Crippen LogP contribution is 2.20. The van der Waals surface area contributed by atoms with Crippen LogP contribution in [-0.4, -0.2) is 12.8 Å². The summed E-state index contributed by atoms with van der Waals surface area (Å²) in [6.07, 6.45) is 0.655. The molecule has 3 nitrogen and oxygen atoms in total. The molecule has 0 amide bonds. The highest BCUT2D eigenvalue weighted by molar-refractivity contribution is 6.32. The van der Waals surface area contributed by atoms with Crippen molar-refractivity contribution >= 4 is 19.0 Å². The van der Waals surface area contributed by atoms with Crippen molar-refractivity contribution in [2.24, 2.45) is 0 Å². The van der Waals surface area contributed by atoms with Crippen molar-refractivity contribution in [3.05, 3.63) is 33.4 Å². The third-order valence-corrected chi connectivity index (χ3v) is 2.02. The van der Waals surface area contributed by atoms with Crippen LogP contribution in [0.5, 0.6) is 0 Å². The second-order valence-electron chi connectivity index (χ2n) is 2.95. The Hall–Kier alpha value is -1.32. The zero-order valence-corrected chi connectivity index (χ0v) is 7.70. The molecule has 0 saturated heterocycles. The molecule has 0 aliphatic heterocycles. The van der Waals surface area contributed by atoms with Crippen molar-refractivity contribution in [3.63, 3.8) is 0 Å². The quantitative estimate of drug-likeness (QED) is 0.385. The Morgan fingerprint density at radius 1 is 1.54 bits per heavy atom. The highest BCUT2D eigenvalue weighted by Gasteiger charge is 2.14. The number of rotatable bonds is 2. The van der Waals surface area contributed by atoms with Crippen molar-refractivity contribution in [2.75, 3.05) is 0 Å². The van der Waals surface area contributed by atoms with Crippen LogP contribution in [0.4, 0.5) is 5.69 Å². The fourth-order valence-corrected chi connectivity index (χ4v) is 1.45. The molecule has 0 atom stereocenters. The van der Waals surface area contributed by atoms with Gasteiger partial charge in [0.15, 0.2) is 0 Å². The normalized spacial score (nSPS) is 10.0. The molecule has 0 bridgehead atoms. The molecule has 1 aromatic rings. The van der Waals surface area contributed by atoms with E-state index in [0.717, 1.165) is 11.1 Å². The predicted molar refractivity (Wildman–Crippen MR) is 52.6 cm³/mol. The molecule has 66 valence electrons. The Kier molecular flexibility index (Phi) is 2.71. The summed E-state index contributed by atoms with van der Waals surface area (Å²) >= 11 is 0. The van der Waals surface area contributed by atoms with Gasteiger partial charge in [-0.25, -0.2) is 0 Å². The Morgan fingerprint density at radius 3 is 2.62 bits per heavy atom. The minimum atomic E-state index is -0.387. The Balaban J connectivity index is 3.38. The van der Waals surface area contributed by atoms with Crippen molar-refractivity contribution in [1.29, 1.82) is 0 Å². The lowest BCUT2D eigenvalue weighted by atomic mass is 9.90. The van der Waals surface area contributed by atoms with Gasteiger partial charge in [-0.05, 0) is 18.9 Å². The van der Waals surface area contributed by atoms with Gasteiger partial charge in [-0.2, -0.15) is 0 Å². The van der Waals surface area contributed by atoms with E-state index in [4.69, 9.17) is 7.85 Å². The van der Waals surface area contributed by atoms with E-state index in [2.05, 4.69) is 0 Å². The van der Waals surface area contributed by atoms with E-state index in [1.807, 2.05) is 13.8 Å². The number of hydrogen-bond donors (Lipinski definition) is 0. The molecule has 0 aliphatic carbocycles. The first-order valence-corrected chi connectivity index (χ1v) is 4.09. The molecule has 0 unspecified atom stereocenters. The summed E-state index contributed by atoms with van der Waals surface area (Å²) in [6.45, 7) is 3.73. The van der Waals surface area contributed by atoms with Crippen molar-refractivity contribution in [1.82, 2.24) is 0 Å². The molecule has 4 heteroatoms. The van der Waals surface area contributed by atoms with Gasteiger partial charge >= 0.3 is 0 Å². The van der Waals surface area contributed by atoms with Crippen molar-refractivity contribution < 1.29 is 4.92 Å². The lowest BCUT2D eigenvalue weighted by Crippen LogP contribution is -2.08. The summed E-state index contributed by atoms with van der Waals surface area (Å²) in [5.74, 6) is 0. The summed E-state index contributed by atoms with van der Waals surface area (Å²) in [6, 6.07) is 3.16. The molecule has 0 fully saturated rings. The van der Waals surface area contributed by atoms with Crippen LogP contribution in [-0.2, 0) is 6.42 Å². The number of nitro benzene ring substituents is 1. The second kappa shape index (κ2) is 3.60. The maximum Gasteiger partial charge on any atom is 0.272 e. The standard InChI is InChI=1S/C9H10BNO2/c1-3-8-6(2)4-7(10)5-9(8)11(12)13/h4-5H,3H2,1-2H3. The summed E-state index contributed by atoms with van der Waals surface area (Å²) in [5, 5.41) is 10.6. The minimum absolute atomic E-state index is 0.125. The van der Waals surface area contributed by atoms with E-state index in [-0.39, 0.29) is 10.6 Å². The summed E-state index contributed by atoms with van der Waals surface area (Å²) in [7, 11) is 5.52. The number of nitrogens with zero attached hydrogens (tertiary/aromatic N) is 1. The van der Waals surface area contributed by atoms with E-state index in [0.29, 0.717) is 11.9 Å². The van der Waals surface area contributed by atoms with E-state index < -0.39 is 0 Å². The SMILES string of the molecule is [B]c1cc(C)c(CC)c([N+](=O)[O-])c1. The van der Waals surface area contributed by atoms with Crippen molar-refractivity contribution in [2.45, 2.75) is 20.3 Å². The molecular weight excluding hydrogens is 165 g/mol. The van der Waals surface area contributed by atoms with Gasteiger partial charge in [0.25, 0.3) is 5.69 Å². The topological polar surface area (TPSA) is 43.1 Å². The number of aryl methyl sites for hydroxylation is 1. The molecule has 13 heavy (non-hydrogen) atoms. The van der Waals surface area contributed by atoms with Gasteiger partial charge in [0, 0.05) is 11.6 Å².